The van der Waals surface area contributed by atoms with Crippen LogP contribution >= 0.6 is 0 Å². The molecule has 1 aliphatic rings. The van der Waals surface area contributed by atoms with Crippen LogP contribution in [-0.2, 0) is 20.7 Å². The average molecular weight is 476 g/mol. The number of nitrogens with one attached hydrogen (secondary N) is 1. The first kappa shape index (κ1) is 27.6. The number of rotatable bonds is 8. The van der Waals surface area contributed by atoms with Crippen LogP contribution in [0.15, 0.2) is 30.3 Å². The number of aliphatic hydroxyl groups is 1. The molecule has 8 nitrogen and oxygen atoms in total. The smallest absolute Gasteiger partial charge is 0.410 e. The van der Waals surface area contributed by atoms with Gasteiger partial charge in [0.1, 0.15) is 5.60 Å². The predicted octanol–water partition coefficient (Wildman–Crippen LogP) is 2.98. The van der Waals surface area contributed by atoms with Crippen LogP contribution in [0.2, 0.25) is 0 Å². The highest BCUT2D eigenvalue weighted by Gasteiger charge is 2.41. The number of amides is 3. The topological polar surface area (TPSA) is 99.2 Å². The van der Waals surface area contributed by atoms with Crippen LogP contribution in [0, 0.1) is 5.92 Å². The van der Waals surface area contributed by atoms with Crippen LogP contribution in [-0.4, -0.2) is 76.2 Å². The van der Waals surface area contributed by atoms with Gasteiger partial charge in [0.15, 0.2) is 0 Å². The van der Waals surface area contributed by atoms with E-state index >= 15 is 0 Å². The van der Waals surface area contributed by atoms with Gasteiger partial charge in [-0.3, -0.25) is 14.5 Å². The Labute approximate surface area is 203 Å². The lowest BCUT2D eigenvalue weighted by atomic mass is 9.93. The van der Waals surface area contributed by atoms with Crippen LogP contribution in [0.1, 0.15) is 59.9 Å². The van der Waals surface area contributed by atoms with Gasteiger partial charge in [-0.2, -0.15) is 0 Å². The second-order valence-electron chi connectivity index (χ2n) is 10.5. The molecule has 34 heavy (non-hydrogen) atoms. The third-order valence-electron chi connectivity index (χ3n) is 5.83. The summed E-state index contributed by atoms with van der Waals surface area (Å²) in [5, 5.41) is 14.3. The minimum Gasteiger partial charge on any atom is -0.444 e. The SMILES string of the molecule is CC(=O)N[C@H](Cc1ccccc1)[C@@H](O)[C@H]1CN(C(=O)CCC(C)C)CCN1C(=O)OC(C)(C)C. The van der Waals surface area contributed by atoms with E-state index in [0.717, 1.165) is 12.0 Å². The lowest BCUT2D eigenvalue weighted by Gasteiger charge is -2.45. The van der Waals surface area contributed by atoms with E-state index in [0.29, 0.717) is 25.3 Å². The molecule has 8 heteroatoms. The van der Waals surface area contributed by atoms with Crippen LogP contribution in [0.25, 0.3) is 0 Å². The second-order valence-corrected chi connectivity index (χ2v) is 10.5. The van der Waals surface area contributed by atoms with Crippen LogP contribution in [0.3, 0.4) is 0 Å². The quantitative estimate of drug-likeness (QED) is 0.602. The lowest BCUT2D eigenvalue weighted by Crippen LogP contribution is -2.64. The number of aliphatic hydroxyl groups excluding tert-OH is 1. The maximum absolute atomic E-state index is 13.0. The van der Waals surface area contributed by atoms with Gasteiger partial charge in [0, 0.05) is 33.0 Å². The molecule has 0 saturated carbocycles. The van der Waals surface area contributed by atoms with E-state index in [4.69, 9.17) is 4.74 Å². The van der Waals surface area contributed by atoms with Crippen molar-refractivity contribution >= 4 is 17.9 Å². The largest absolute Gasteiger partial charge is 0.444 e. The Morgan fingerprint density at radius 1 is 1.15 bits per heavy atom. The summed E-state index contributed by atoms with van der Waals surface area (Å²) in [7, 11) is 0. The highest BCUT2D eigenvalue weighted by Crippen LogP contribution is 2.22. The number of nitrogens with zero attached hydrogens (tertiary/aromatic N) is 2. The van der Waals surface area contributed by atoms with Crippen LogP contribution in [0.5, 0.6) is 0 Å². The molecular formula is C26H41N3O5. The Balaban J connectivity index is 2.29. The van der Waals surface area contributed by atoms with Crippen molar-refractivity contribution in [1.82, 2.24) is 15.1 Å². The van der Waals surface area contributed by atoms with Gasteiger partial charge in [0.05, 0.1) is 18.2 Å². The standard InChI is InChI=1S/C26H41N3O5/c1-18(2)12-13-23(31)28-14-15-29(25(33)34-26(4,5)6)22(17-28)24(32)21(27-19(3)30)16-20-10-8-7-9-11-20/h7-11,18,21-22,24,32H,12-17H2,1-6H3,(H,27,30)/t21-,22-,24-/m1/s1. The van der Waals surface area contributed by atoms with Crippen LogP contribution in [0.4, 0.5) is 4.79 Å². The highest BCUT2D eigenvalue weighted by atomic mass is 16.6. The van der Waals surface area contributed by atoms with Crippen molar-refractivity contribution in [2.75, 3.05) is 19.6 Å². The fraction of sp³-hybridized carbons (Fsp3) is 0.654. The molecule has 0 unspecified atom stereocenters. The summed E-state index contributed by atoms with van der Waals surface area (Å²) >= 11 is 0. The van der Waals surface area contributed by atoms with E-state index < -0.39 is 29.9 Å². The number of piperazine rings is 1. The van der Waals surface area contributed by atoms with Gasteiger partial charge >= 0.3 is 6.09 Å². The van der Waals surface area contributed by atoms with E-state index in [-0.39, 0.29) is 24.9 Å². The van der Waals surface area contributed by atoms with Crippen molar-refractivity contribution < 1.29 is 24.2 Å². The first-order chi connectivity index (χ1) is 15.9. The molecule has 1 aromatic carbocycles. The minimum atomic E-state index is -1.10. The minimum absolute atomic E-state index is 0.00822. The van der Waals surface area contributed by atoms with Crippen molar-refractivity contribution in [2.45, 2.75) is 84.6 Å². The molecule has 2 rings (SSSR count). The van der Waals surface area contributed by atoms with Gasteiger partial charge in [-0.25, -0.2) is 4.79 Å². The summed E-state index contributed by atoms with van der Waals surface area (Å²) in [6.45, 7) is 11.7. The lowest BCUT2D eigenvalue weighted by molar-refractivity contribution is -0.136. The molecular weight excluding hydrogens is 434 g/mol. The molecule has 0 aromatic heterocycles. The third-order valence-corrected chi connectivity index (χ3v) is 5.83. The number of hydrogen-bond acceptors (Lipinski definition) is 5. The van der Waals surface area contributed by atoms with Gasteiger partial charge in [0.25, 0.3) is 0 Å². The Morgan fingerprint density at radius 3 is 2.35 bits per heavy atom. The zero-order valence-electron chi connectivity index (χ0n) is 21.4. The molecule has 2 N–H and O–H groups in total. The summed E-state index contributed by atoms with van der Waals surface area (Å²) in [6.07, 6.45) is -0.0431. The molecule has 3 atom stereocenters. The maximum atomic E-state index is 13.0. The fourth-order valence-electron chi connectivity index (χ4n) is 4.10. The number of benzene rings is 1. The first-order valence-corrected chi connectivity index (χ1v) is 12.1. The van der Waals surface area contributed by atoms with Crippen molar-refractivity contribution in [3.05, 3.63) is 35.9 Å². The number of hydrogen-bond donors (Lipinski definition) is 2. The average Bonchev–Trinajstić information content (AvgIpc) is 2.75. The van der Waals surface area contributed by atoms with E-state index in [1.54, 1.807) is 25.7 Å². The fourth-order valence-corrected chi connectivity index (χ4v) is 4.10. The molecule has 1 heterocycles. The predicted molar refractivity (Wildman–Crippen MR) is 131 cm³/mol. The Kier molecular flexibility index (Phi) is 9.91. The summed E-state index contributed by atoms with van der Waals surface area (Å²) in [4.78, 5) is 41.1. The normalized spacial score (nSPS) is 18.4. The van der Waals surface area contributed by atoms with Crippen molar-refractivity contribution in [3.8, 4) is 0 Å². The van der Waals surface area contributed by atoms with Crippen molar-refractivity contribution in [1.29, 1.82) is 0 Å². The van der Waals surface area contributed by atoms with Gasteiger partial charge in [-0.05, 0) is 45.1 Å². The Morgan fingerprint density at radius 2 is 1.79 bits per heavy atom. The number of carbonyl (C=O) groups is 3. The van der Waals surface area contributed by atoms with Gasteiger partial charge in [-0.1, -0.05) is 44.2 Å². The van der Waals surface area contributed by atoms with Crippen molar-refractivity contribution in [2.24, 2.45) is 5.92 Å². The molecule has 0 radical (unpaired) electrons. The van der Waals surface area contributed by atoms with E-state index in [1.165, 1.54) is 11.8 Å². The molecule has 1 aromatic rings. The number of carbonyl (C=O) groups excluding carboxylic acids is 3. The molecule has 0 bridgehead atoms. The zero-order chi connectivity index (χ0) is 25.5. The summed E-state index contributed by atoms with van der Waals surface area (Å²) in [6, 6.07) is 8.20. The molecule has 0 aliphatic carbocycles. The molecule has 1 saturated heterocycles. The first-order valence-electron chi connectivity index (χ1n) is 12.1. The van der Waals surface area contributed by atoms with E-state index in [2.05, 4.69) is 19.2 Å². The summed E-state index contributed by atoms with van der Waals surface area (Å²) in [5.41, 5.74) is 0.252. The molecule has 1 fully saturated rings. The molecule has 190 valence electrons. The number of ether oxygens (including phenoxy) is 1. The van der Waals surface area contributed by atoms with E-state index in [9.17, 15) is 19.5 Å². The van der Waals surface area contributed by atoms with Crippen LogP contribution < -0.4 is 5.32 Å². The molecule has 0 spiro atoms. The molecule has 1 aliphatic heterocycles. The Bertz CT molecular complexity index is 821. The zero-order valence-corrected chi connectivity index (χ0v) is 21.4. The summed E-state index contributed by atoms with van der Waals surface area (Å²) < 4.78 is 5.60. The summed E-state index contributed by atoms with van der Waals surface area (Å²) in [5.74, 6) is 0.141. The highest BCUT2D eigenvalue weighted by molar-refractivity contribution is 5.77. The Hall–Kier alpha value is -2.61. The van der Waals surface area contributed by atoms with Gasteiger partial charge < -0.3 is 20.1 Å². The second kappa shape index (κ2) is 12.2. The molecule has 3 amide bonds. The van der Waals surface area contributed by atoms with Gasteiger partial charge in [-0.15, -0.1) is 0 Å². The van der Waals surface area contributed by atoms with Gasteiger partial charge in [0.2, 0.25) is 11.8 Å². The monoisotopic (exact) mass is 475 g/mol. The van der Waals surface area contributed by atoms with E-state index in [1.807, 2.05) is 30.3 Å². The van der Waals surface area contributed by atoms with Crippen molar-refractivity contribution in [3.63, 3.8) is 0 Å². The third kappa shape index (κ3) is 8.63. The maximum Gasteiger partial charge on any atom is 0.410 e.